The molecule has 6 nitrogen and oxygen atoms in total. The van der Waals surface area contributed by atoms with Crippen LogP contribution in [0.3, 0.4) is 0 Å². The molecule has 0 saturated heterocycles. The highest BCUT2D eigenvalue weighted by Gasteiger charge is 2.13. The van der Waals surface area contributed by atoms with Crippen LogP contribution in [0.2, 0.25) is 0 Å². The van der Waals surface area contributed by atoms with E-state index < -0.39 is 24.3 Å². The van der Waals surface area contributed by atoms with Crippen LogP contribution in [0.15, 0.2) is 0 Å². The summed E-state index contributed by atoms with van der Waals surface area (Å²) >= 11 is 0. The summed E-state index contributed by atoms with van der Waals surface area (Å²) in [6, 6.07) is -1.63. The molecule has 0 spiro atoms. The Hall–Kier alpha value is 0.01000. The summed E-state index contributed by atoms with van der Waals surface area (Å²) in [6.07, 6.45) is -1.55. The van der Waals surface area contributed by atoms with Gasteiger partial charge < -0.3 is 26.8 Å². The van der Waals surface area contributed by atoms with Gasteiger partial charge in [-0.1, -0.05) is 21.6 Å². The molecule has 2 atom stereocenters. The van der Waals surface area contributed by atoms with Gasteiger partial charge in [-0.25, -0.2) is 0 Å². The molecule has 7 N–H and O–H groups in total. The van der Waals surface area contributed by atoms with Crippen molar-refractivity contribution in [2.75, 3.05) is 11.5 Å². The number of hydrogen-bond donors (Lipinski definition) is 5. The second-order valence-electron chi connectivity index (χ2n) is 2.59. The van der Waals surface area contributed by atoms with Crippen LogP contribution < -0.4 is 11.5 Å². The molecule has 0 saturated carbocycles. The molecule has 0 radical (unpaired) electrons. The second kappa shape index (κ2) is 7.32. The van der Waals surface area contributed by atoms with Gasteiger partial charge in [0.1, 0.15) is 6.04 Å². The van der Waals surface area contributed by atoms with E-state index in [1.165, 1.54) is 21.6 Å². The first kappa shape index (κ1) is 14.0. The van der Waals surface area contributed by atoms with Gasteiger partial charge in [0, 0.05) is 11.5 Å². The maximum atomic E-state index is 10.3. The van der Waals surface area contributed by atoms with Crippen LogP contribution in [-0.4, -0.2) is 51.2 Å². The Morgan fingerprint density at radius 2 is 1.71 bits per heavy atom. The third kappa shape index (κ3) is 6.46. The minimum atomic E-state index is -1.55. The zero-order chi connectivity index (χ0) is 11.1. The van der Waals surface area contributed by atoms with Gasteiger partial charge in [-0.3, -0.25) is 4.79 Å². The molecule has 14 heavy (non-hydrogen) atoms. The van der Waals surface area contributed by atoms with Crippen LogP contribution in [0.25, 0.3) is 0 Å². The lowest BCUT2D eigenvalue weighted by Gasteiger charge is -2.12. The van der Waals surface area contributed by atoms with Crippen molar-refractivity contribution in [2.45, 2.75) is 18.4 Å². The van der Waals surface area contributed by atoms with Gasteiger partial charge in [-0.15, -0.1) is 0 Å². The maximum absolute atomic E-state index is 10.3. The van der Waals surface area contributed by atoms with Crippen molar-refractivity contribution >= 4 is 27.6 Å². The Kier molecular flexibility index (Phi) is 7.33. The van der Waals surface area contributed by atoms with Crippen LogP contribution in [0.5, 0.6) is 0 Å². The van der Waals surface area contributed by atoms with Crippen molar-refractivity contribution in [3.8, 4) is 0 Å². The van der Waals surface area contributed by atoms with E-state index in [1.54, 1.807) is 0 Å². The standard InChI is InChI=1S/C6H14N2O4S2/c7-3(5(9)10)1-13-14-2-4(8)6(11)12/h3-5,9-10H,1-2,7-8H2,(H,11,12). The first-order valence-corrected chi connectivity index (χ1v) is 6.28. The second-order valence-corrected chi connectivity index (χ2v) is 5.14. The maximum Gasteiger partial charge on any atom is 0.321 e. The van der Waals surface area contributed by atoms with Crippen LogP contribution >= 0.6 is 21.6 Å². The smallest absolute Gasteiger partial charge is 0.321 e. The Bertz CT molecular complexity index is 181. The number of carboxylic acids is 1. The number of aliphatic hydroxyl groups is 2. The van der Waals surface area contributed by atoms with Gasteiger partial charge in [0.15, 0.2) is 6.29 Å². The van der Waals surface area contributed by atoms with Crippen LogP contribution in [0, 0.1) is 0 Å². The highest BCUT2D eigenvalue weighted by molar-refractivity contribution is 8.76. The van der Waals surface area contributed by atoms with E-state index in [0.29, 0.717) is 5.75 Å². The van der Waals surface area contributed by atoms with Gasteiger partial charge in [-0.2, -0.15) is 0 Å². The van der Waals surface area contributed by atoms with E-state index in [4.69, 9.17) is 26.8 Å². The molecule has 0 aromatic rings. The van der Waals surface area contributed by atoms with Gasteiger partial charge in [0.25, 0.3) is 0 Å². The molecular weight excluding hydrogens is 228 g/mol. The average Bonchev–Trinajstić information content (AvgIpc) is 2.11. The largest absolute Gasteiger partial charge is 0.480 e. The summed E-state index contributed by atoms with van der Waals surface area (Å²) in [7, 11) is 2.51. The monoisotopic (exact) mass is 242 g/mol. The number of carboxylic acid groups (broad SMARTS) is 1. The molecule has 0 aliphatic heterocycles. The lowest BCUT2D eigenvalue weighted by molar-refractivity contribution is -0.137. The Balaban J connectivity index is 3.42. The number of carbonyl (C=O) groups is 1. The van der Waals surface area contributed by atoms with Crippen molar-refractivity contribution in [3.63, 3.8) is 0 Å². The van der Waals surface area contributed by atoms with Gasteiger partial charge in [-0.05, 0) is 0 Å². The lowest BCUT2D eigenvalue weighted by atomic mass is 10.4. The van der Waals surface area contributed by atoms with Crippen molar-refractivity contribution < 1.29 is 20.1 Å². The topological polar surface area (TPSA) is 130 Å². The van der Waals surface area contributed by atoms with E-state index in [0.717, 1.165) is 0 Å². The normalized spacial score (nSPS) is 15.5. The van der Waals surface area contributed by atoms with Crippen LogP contribution in [-0.2, 0) is 4.79 Å². The summed E-state index contributed by atoms with van der Waals surface area (Å²) in [6.45, 7) is 0. The molecule has 0 aromatic heterocycles. The van der Waals surface area contributed by atoms with E-state index >= 15 is 0 Å². The molecule has 0 aliphatic rings. The molecule has 0 fully saturated rings. The lowest BCUT2D eigenvalue weighted by Crippen LogP contribution is -2.36. The fraction of sp³-hybridized carbons (Fsp3) is 0.833. The third-order valence-corrected chi connectivity index (χ3v) is 3.79. The molecule has 2 unspecified atom stereocenters. The SMILES string of the molecule is NC(CSSCC(N)C(O)O)C(=O)O. The number of aliphatic carboxylic acids is 1. The predicted octanol–water partition coefficient (Wildman–Crippen LogP) is -1.58. The summed E-state index contributed by atoms with van der Waals surface area (Å²) in [5.74, 6) is -0.465. The van der Waals surface area contributed by atoms with Gasteiger partial charge in [0.2, 0.25) is 0 Å². The highest BCUT2D eigenvalue weighted by atomic mass is 33.1. The third-order valence-electron chi connectivity index (χ3n) is 1.29. The van der Waals surface area contributed by atoms with Crippen molar-refractivity contribution in [2.24, 2.45) is 11.5 Å². The molecular formula is C6H14N2O4S2. The molecule has 84 valence electrons. The van der Waals surface area contributed by atoms with E-state index in [9.17, 15) is 4.79 Å². The molecule has 0 amide bonds. The van der Waals surface area contributed by atoms with E-state index in [1.807, 2.05) is 0 Å². The summed E-state index contributed by atoms with van der Waals surface area (Å²) in [5, 5.41) is 25.6. The number of hydrogen-bond acceptors (Lipinski definition) is 7. The van der Waals surface area contributed by atoms with Crippen LogP contribution in [0.1, 0.15) is 0 Å². The molecule has 0 aromatic carbocycles. The molecule has 0 rings (SSSR count). The van der Waals surface area contributed by atoms with Crippen molar-refractivity contribution in [1.29, 1.82) is 0 Å². The zero-order valence-corrected chi connectivity index (χ0v) is 9.00. The Morgan fingerprint density at radius 3 is 2.14 bits per heavy atom. The molecule has 0 aliphatic carbocycles. The fourth-order valence-electron chi connectivity index (χ4n) is 0.405. The summed E-state index contributed by atoms with van der Waals surface area (Å²) < 4.78 is 0. The van der Waals surface area contributed by atoms with E-state index in [-0.39, 0.29) is 5.75 Å². The number of aliphatic hydroxyl groups excluding tert-OH is 1. The summed E-state index contributed by atoms with van der Waals surface area (Å²) in [4.78, 5) is 10.3. The Morgan fingerprint density at radius 1 is 1.21 bits per heavy atom. The quantitative estimate of drug-likeness (QED) is 0.205. The van der Waals surface area contributed by atoms with Gasteiger partial charge >= 0.3 is 5.97 Å². The first-order valence-electron chi connectivity index (χ1n) is 3.79. The Labute approximate surface area is 89.4 Å². The highest BCUT2D eigenvalue weighted by Crippen LogP contribution is 2.22. The molecule has 0 bridgehead atoms. The van der Waals surface area contributed by atoms with Gasteiger partial charge in [0.05, 0.1) is 6.04 Å². The molecule has 8 heteroatoms. The van der Waals surface area contributed by atoms with Crippen molar-refractivity contribution in [1.82, 2.24) is 0 Å². The predicted molar refractivity (Wildman–Crippen MR) is 56.7 cm³/mol. The summed E-state index contributed by atoms with van der Waals surface area (Å²) in [5.41, 5.74) is 10.5. The minimum Gasteiger partial charge on any atom is -0.480 e. The van der Waals surface area contributed by atoms with Crippen molar-refractivity contribution in [3.05, 3.63) is 0 Å². The first-order chi connectivity index (χ1) is 6.45. The minimum absolute atomic E-state index is 0.258. The molecule has 0 heterocycles. The number of nitrogens with two attached hydrogens (primary N) is 2. The van der Waals surface area contributed by atoms with E-state index in [2.05, 4.69) is 0 Å². The van der Waals surface area contributed by atoms with Crippen LogP contribution in [0.4, 0.5) is 0 Å². The average molecular weight is 242 g/mol. The number of rotatable bonds is 7. The fourth-order valence-corrected chi connectivity index (χ4v) is 2.70. The zero-order valence-electron chi connectivity index (χ0n) is 7.37.